The number of rotatable bonds is 3. The lowest BCUT2D eigenvalue weighted by molar-refractivity contribution is -0.153. The number of imide groups is 1. The number of carbonyl (C=O) groups excluding carboxylic acids is 2. The normalized spacial score (nSPS) is 26.0. The number of carboxylic acid groups (broad SMARTS) is 1. The van der Waals surface area contributed by atoms with Gasteiger partial charge < -0.3 is 5.11 Å². The lowest BCUT2D eigenvalue weighted by atomic mass is 9.97. The van der Waals surface area contributed by atoms with Crippen molar-refractivity contribution in [3.63, 3.8) is 0 Å². The van der Waals surface area contributed by atoms with Crippen LogP contribution in [0.5, 0.6) is 0 Å². The number of carboxylic acids is 1. The van der Waals surface area contributed by atoms with Crippen LogP contribution in [-0.2, 0) is 16.1 Å². The SMILES string of the molecule is O=C(O)c1csc(CN2C(=O)C3CCC(C3)C2=O)n1. The molecule has 2 amide bonds. The summed E-state index contributed by atoms with van der Waals surface area (Å²) in [7, 11) is 0. The predicted octanol–water partition coefficient (Wildman–Crippen LogP) is 1.13. The van der Waals surface area contributed by atoms with Crippen molar-refractivity contribution in [2.45, 2.75) is 25.8 Å². The van der Waals surface area contributed by atoms with E-state index in [1.54, 1.807) is 0 Å². The number of amides is 2. The maximum Gasteiger partial charge on any atom is 0.355 e. The lowest BCUT2D eigenvalue weighted by Crippen LogP contribution is -2.45. The summed E-state index contributed by atoms with van der Waals surface area (Å²) in [4.78, 5) is 40.1. The van der Waals surface area contributed by atoms with Gasteiger partial charge >= 0.3 is 5.97 Å². The van der Waals surface area contributed by atoms with Gasteiger partial charge in [-0.3, -0.25) is 14.5 Å². The van der Waals surface area contributed by atoms with Crippen LogP contribution in [0.4, 0.5) is 0 Å². The molecule has 100 valence electrons. The smallest absolute Gasteiger partial charge is 0.355 e. The Hall–Kier alpha value is -1.76. The number of aromatic nitrogens is 1. The van der Waals surface area contributed by atoms with Gasteiger partial charge in [0.1, 0.15) is 5.01 Å². The lowest BCUT2D eigenvalue weighted by Gasteiger charge is -2.28. The Morgan fingerprint density at radius 1 is 1.37 bits per heavy atom. The Balaban J connectivity index is 1.80. The molecule has 0 spiro atoms. The van der Waals surface area contributed by atoms with Crippen molar-refractivity contribution in [3.8, 4) is 0 Å². The second-order valence-electron chi connectivity index (χ2n) is 4.90. The summed E-state index contributed by atoms with van der Waals surface area (Å²) >= 11 is 1.16. The maximum absolute atomic E-state index is 12.1. The monoisotopic (exact) mass is 280 g/mol. The van der Waals surface area contributed by atoms with E-state index in [9.17, 15) is 14.4 Å². The number of likely N-dealkylation sites (tertiary alicyclic amines) is 1. The Kier molecular flexibility index (Phi) is 2.85. The quantitative estimate of drug-likeness (QED) is 0.838. The van der Waals surface area contributed by atoms with Gasteiger partial charge in [-0.25, -0.2) is 9.78 Å². The number of hydrogen-bond acceptors (Lipinski definition) is 5. The molecule has 2 bridgehead atoms. The van der Waals surface area contributed by atoms with Gasteiger partial charge in [-0.15, -0.1) is 11.3 Å². The first kappa shape index (κ1) is 12.3. The molecule has 0 aromatic carbocycles. The minimum absolute atomic E-state index is 0.0402. The fourth-order valence-electron chi connectivity index (χ4n) is 2.75. The molecule has 2 atom stereocenters. The van der Waals surface area contributed by atoms with Gasteiger partial charge in [0.2, 0.25) is 11.8 Å². The number of piperidine rings is 1. The first-order valence-corrected chi connectivity index (χ1v) is 6.97. The van der Waals surface area contributed by atoms with Crippen LogP contribution < -0.4 is 0 Å². The van der Waals surface area contributed by atoms with Crippen LogP contribution in [0.2, 0.25) is 0 Å². The van der Waals surface area contributed by atoms with Crippen LogP contribution in [0.25, 0.3) is 0 Å². The van der Waals surface area contributed by atoms with E-state index in [0.29, 0.717) is 11.4 Å². The molecule has 1 aliphatic heterocycles. The number of carbonyl (C=O) groups is 3. The third-order valence-corrected chi connectivity index (χ3v) is 4.56. The summed E-state index contributed by atoms with van der Waals surface area (Å²) in [5.41, 5.74) is -0.0418. The first-order valence-electron chi connectivity index (χ1n) is 6.09. The number of aromatic carboxylic acids is 1. The molecule has 3 rings (SSSR count). The first-order chi connectivity index (χ1) is 9.06. The number of thiazole rings is 1. The Morgan fingerprint density at radius 3 is 2.53 bits per heavy atom. The zero-order valence-electron chi connectivity index (χ0n) is 10.0. The minimum Gasteiger partial charge on any atom is -0.476 e. The van der Waals surface area contributed by atoms with E-state index in [-0.39, 0.29) is 35.9 Å². The molecule has 2 fully saturated rings. The third-order valence-electron chi connectivity index (χ3n) is 3.73. The van der Waals surface area contributed by atoms with Crippen molar-refractivity contribution in [2.24, 2.45) is 11.8 Å². The standard InChI is InChI=1S/C12H12N2O4S/c15-10-6-1-2-7(3-6)11(16)14(10)4-9-13-8(5-19-9)12(17)18/h5-7H,1-4H2,(H,17,18). The number of nitrogens with zero attached hydrogens (tertiary/aromatic N) is 2. The third kappa shape index (κ3) is 2.03. The van der Waals surface area contributed by atoms with E-state index in [0.717, 1.165) is 24.2 Å². The van der Waals surface area contributed by atoms with Gasteiger partial charge in [-0.2, -0.15) is 0 Å². The highest BCUT2D eigenvalue weighted by Gasteiger charge is 2.45. The number of hydrogen-bond donors (Lipinski definition) is 1. The van der Waals surface area contributed by atoms with E-state index >= 15 is 0 Å². The molecule has 0 radical (unpaired) electrons. The topological polar surface area (TPSA) is 87.6 Å². The summed E-state index contributed by atoms with van der Waals surface area (Å²) in [6.07, 6.45) is 2.24. The summed E-state index contributed by atoms with van der Waals surface area (Å²) < 4.78 is 0. The molecule has 1 saturated carbocycles. The molecule has 2 aliphatic rings. The molecule has 7 heteroatoms. The maximum atomic E-state index is 12.1. The van der Waals surface area contributed by atoms with Gasteiger partial charge in [0.25, 0.3) is 0 Å². The van der Waals surface area contributed by atoms with Crippen LogP contribution in [-0.4, -0.2) is 32.8 Å². The van der Waals surface area contributed by atoms with E-state index in [1.807, 2.05) is 0 Å². The molecule has 2 unspecified atom stereocenters. The Bertz CT molecular complexity index is 546. The van der Waals surface area contributed by atoms with Crippen LogP contribution in [0.1, 0.15) is 34.8 Å². The zero-order chi connectivity index (χ0) is 13.6. The van der Waals surface area contributed by atoms with Crippen LogP contribution in [0, 0.1) is 11.8 Å². The van der Waals surface area contributed by atoms with Gasteiger partial charge in [-0.05, 0) is 19.3 Å². The van der Waals surface area contributed by atoms with Crippen LogP contribution >= 0.6 is 11.3 Å². The van der Waals surface area contributed by atoms with Crippen molar-refractivity contribution in [2.75, 3.05) is 0 Å². The summed E-state index contributed by atoms with van der Waals surface area (Å²) in [5.74, 6) is -1.45. The van der Waals surface area contributed by atoms with Gasteiger partial charge in [0.05, 0.1) is 6.54 Å². The summed E-state index contributed by atoms with van der Waals surface area (Å²) in [5, 5.41) is 10.7. The summed E-state index contributed by atoms with van der Waals surface area (Å²) in [6.45, 7) is 0.0998. The fourth-order valence-corrected chi connectivity index (χ4v) is 3.51. The Morgan fingerprint density at radius 2 is 2.00 bits per heavy atom. The van der Waals surface area contributed by atoms with Crippen molar-refractivity contribution in [1.82, 2.24) is 9.88 Å². The van der Waals surface area contributed by atoms with Crippen molar-refractivity contribution in [3.05, 3.63) is 16.1 Å². The minimum atomic E-state index is -1.10. The number of fused-ring (bicyclic) bond motifs is 2. The second-order valence-corrected chi connectivity index (χ2v) is 5.84. The van der Waals surface area contributed by atoms with Gasteiger partial charge in [0.15, 0.2) is 5.69 Å². The second kappa shape index (κ2) is 4.41. The van der Waals surface area contributed by atoms with Crippen LogP contribution in [0.3, 0.4) is 0 Å². The molecule has 1 aliphatic carbocycles. The fraction of sp³-hybridized carbons (Fsp3) is 0.500. The van der Waals surface area contributed by atoms with Crippen molar-refractivity contribution >= 4 is 29.1 Å². The molecule has 19 heavy (non-hydrogen) atoms. The van der Waals surface area contributed by atoms with Gasteiger partial charge in [-0.1, -0.05) is 0 Å². The van der Waals surface area contributed by atoms with E-state index < -0.39 is 5.97 Å². The molecule has 1 saturated heterocycles. The molecule has 6 nitrogen and oxygen atoms in total. The van der Waals surface area contributed by atoms with E-state index in [1.165, 1.54) is 10.3 Å². The highest BCUT2D eigenvalue weighted by atomic mass is 32.1. The average molecular weight is 280 g/mol. The molecule has 2 heterocycles. The molecule has 1 aromatic heterocycles. The predicted molar refractivity (Wildman–Crippen MR) is 65.5 cm³/mol. The highest BCUT2D eigenvalue weighted by molar-refractivity contribution is 7.09. The van der Waals surface area contributed by atoms with Crippen molar-refractivity contribution < 1.29 is 19.5 Å². The average Bonchev–Trinajstić information content (AvgIpc) is 3.00. The highest BCUT2D eigenvalue weighted by Crippen LogP contribution is 2.38. The van der Waals surface area contributed by atoms with E-state index in [2.05, 4.69) is 4.98 Å². The van der Waals surface area contributed by atoms with E-state index in [4.69, 9.17) is 5.11 Å². The van der Waals surface area contributed by atoms with Crippen molar-refractivity contribution in [1.29, 1.82) is 0 Å². The zero-order valence-corrected chi connectivity index (χ0v) is 10.9. The molecular formula is C12H12N2O4S. The van der Waals surface area contributed by atoms with Crippen LogP contribution in [0.15, 0.2) is 5.38 Å². The van der Waals surface area contributed by atoms with Gasteiger partial charge in [0, 0.05) is 17.2 Å². The Labute approximate surface area is 113 Å². The molecule has 1 aromatic rings. The molecule has 1 N–H and O–H groups in total. The molecular weight excluding hydrogens is 268 g/mol. The summed E-state index contributed by atoms with van der Waals surface area (Å²) in [6, 6.07) is 0. The largest absolute Gasteiger partial charge is 0.476 e.